The number of nitrogens with zero attached hydrogens (tertiary/aromatic N) is 2. The lowest BCUT2D eigenvalue weighted by Crippen LogP contribution is -2.19. The summed E-state index contributed by atoms with van der Waals surface area (Å²) in [6, 6.07) is 7.76. The molecule has 1 N–H and O–H groups in total. The molecule has 0 spiro atoms. The molecular weight excluding hydrogens is 373 g/mol. The van der Waals surface area contributed by atoms with E-state index in [2.05, 4.69) is 26.2 Å². The molecule has 3 aromatic rings. The van der Waals surface area contributed by atoms with Crippen LogP contribution >= 0.6 is 15.9 Å². The van der Waals surface area contributed by atoms with Crippen molar-refractivity contribution in [1.82, 2.24) is 14.7 Å². The lowest BCUT2D eigenvalue weighted by Gasteiger charge is -2.14. The summed E-state index contributed by atoms with van der Waals surface area (Å²) in [5.41, 5.74) is 3.68. The average Bonchev–Trinajstić information content (AvgIpc) is 3.16. The van der Waals surface area contributed by atoms with E-state index in [0.29, 0.717) is 12.3 Å². The Labute approximate surface area is 147 Å². The molecule has 4 nitrogen and oxygen atoms in total. The third-order valence-corrected chi connectivity index (χ3v) is 4.99. The fourth-order valence-electron chi connectivity index (χ4n) is 3.34. The lowest BCUT2D eigenvalue weighted by molar-refractivity contribution is 0.384. The van der Waals surface area contributed by atoms with Gasteiger partial charge in [-0.1, -0.05) is 6.07 Å². The second-order valence-electron chi connectivity index (χ2n) is 5.97. The Morgan fingerprint density at radius 3 is 3.04 bits per heavy atom. The lowest BCUT2D eigenvalue weighted by atomic mass is 10.1. The quantitative estimate of drug-likeness (QED) is 0.732. The van der Waals surface area contributed by atoms with Crippen molar-refractivity contribution < 1.29 is 9.13 Å². The number of fused-ring (bicyclic) bond motifs is 2. The smallest absolute Gasteiger partial charge is 0.168 e. The maximum absolute atomic E-state index is 14.3. The highest BCUT2D eigenvalue weighted by Gasteiger charge is 2.26. The fraction of sp³-hybridized carbons (Fsp3) is 0.278. The monoisotopic (exact) mass is 389 g/mol. The van der Waals surface area contributed by atoms with Gasteiger partial charge in [-0.05, 0) is 58.1 Å². The topological polar surface area (TPSA) is 38.6 Å². The Morgan fingerprint density at radius 1 is 1.33 bits per heavy atom. The van der Waals surface area contributed by atoms with E-state index < -0.39 is 0 Å². The van der Waals surface area contributed by atoms with Gasteiger partial charge in [-0.2, -0.15) is 0 Å². The molecule has 0 bridgehead atoms. The summed E-state index contributed by atoms with van der Waals surface area (Å²) >= 11 is 3.46. The molecule has 0 amide bonds. The first-order chi connectivity index (χ1) is 11.7. The molecule has 0 aliphatic heterocycles. The van der Waals surface area contributed by atoms with Crippen molar-refractivity contribution in [3.8, 4) is 5.75 Å². The zero-order chi connectivity index (χ0) is 16.7. The molecule has 124 valence electrons. The van der Waals surface area contributed by atoms with Crippen LogP contribution in [0.1, 0.15) is 29.3 Å². The Bertz CT molecular complexity index is 909. The van der Waals surface area contributed by atoms with Crippen LogP contribution in [0.4, 0.5) is 4.39 Å². The van der Waals surface area contributed by atoms with Crippen LogP contribution in [0.25, 0.3) is 5.65 Å². The van der Waals surface area contributed by atoms with Gasteiger partial charge in [0, 0.05) is 29.5 Å². The predicted molar refractivity (Wildman–Crippen MR) is 93.7 cm³/mol. The van der Waals surface area contributed by atoms with Gasteiger partial charge in [0.15, 0.2) is 11.6 Å². The first-order valence-electron chi connectivity index (χ1n) is 7.87. The van der Waals surface area contributed by atoms with E-state index in [1.54, 1.807) is 6.07 Å². The van der Waals surface area contributed by atoms with Crippen molar-refractivity contribution in [2.75, 3.05) is 7.11 Å². The van der Waals surface area contributed by atoms with Crippen LogP contribution in [0.3, 0.4) is 0 Å². The number of methoxy groups -OCH3 is 1. The van der Waals surface area contributed by atoms with E-state index >= 15 is 0 Å². The van der Waals surface area contributed by atoms with Crippen molar-refractivity contribution in [3.63, 3.8) is 0 Å². The molecule has 1 aliphatic carbocycles. The number of hydrogen-bond acceptors (Lipinski definition) is 3. The maximum atomic E-state index is 14.3. The van der Waals surface area contributed by atoms with Gasteiger partial charge >= 0.3 is 0 Å². The van der Waals surface area contributed by atoms with Crippen LogP contribution in [0, 0.1) is 5.82 Å². The Kier molecular flexibility index (Phi) is 4.02. The van der Waals surface area contributed by atoms with Gasteiger partial charge in [0.2, 0.25) is 0 Å². The van der Waals surface area contributed by atoms with Gasteiger partial charge < -0.3 is 14.5 Å². The second-order valence-corrected chi connectivity index (χ2v) is 6.88. The number of rotatable bonds is 4. The first kappa shape index (κ1) is 15.6. The summed E-state index contributed by atoms with van der Waals surface area (Å²) in [5, 5.41) is 3.50. The number of halogens is 2. The van der Waals surface area contributed by atoms with Crippen LogP contribution in [-0.2, 0) is 13.0 Å². The summed E-state index contributed by atoms with van der Waals surface area (Å²) in [7, 11) is 1.50. The third kappa shape index (κ3) is 2.70. The van der Waals surface area contributed by atoms with Crippen molar-refractivity contribution in [2.24, 2.45) is 0 Å². The molecule has 0 radical (unpaired) electrons. The van der Waals surface area contributed by atoms with Crippen LogP contribution in [0.5, 0.6) is 5.75 Å². The zero-order valence-electron chi connectivity index (χ0n) is 13.2. The zero-order valence-corrected chi connectivity index (χ0v) is 14.8. The second kappa shape index (κ2) is 6.18. The molecule has 6 heteroatoms. The number of imidazole rings is 1. The Hall–Kier alpha value is -1.92. The van der Waals surface area contributed by atoms with Crippen molar-refractivity contribution in [3.05, 3.63) is 63.8 Å². The highest BCUT2D eigenvalue weighted by atomic mass is 79.9. The molecule has 1 aliphatic rings. The summed E-state index contributed by atoms with van der Waals surface area (Å²) in [4.78, 5) is 4.60. The minimum absolute atomic E-state index is 0.150. The highest BCUT2D eigenvalue weighted by molar-refractivity contribution is 9.10. The van der Waals surface area contributed by atoms with Crippen molar-refractivity contribution in [2.45, 2.75) is 25.4 Å². The molecule has 24 heavy (non-hydrogen) atoms. The van der Waals surface area contributed by atoms with Gasteiger partial charge in [-0.3, -0.25) is 0 Å². The number of ether oxygens (including phenoxy) is 1. The molecule has 0 saturated carbocycles. The van der Waals surface area contributed by atoms with Gasteiger partial charge in [0.05, 0.1) is 12.8 Å². The van der Waals surface area contributed by atoms with Gasteiger partial charge in [0.25, 0.3) is 0 Å². The normalized spacial score (nSPS) is 16.5. The molecule has 1 unspecified atom stereocenters. The van der Waals surface area contributed by atoms with Crippen LogP contribution in [0.15, 0.2) is 41.1 Å². The summed E-state index contributed by atoms with van der Waals surface area (Å²) in [5.74, 6) is 0.0946. The van der Waals surface area contributed by atoms with Crippen molar-refractivity contribution >= 4 is 21.6 Å². The Balaban J connectivity index is 1.52. The van der Waals surface area contributed by atoms with Gasteiger partial charge in [-0.25, -0.2) is 9.37 Å². The molecule has 0 fully saturated rings. The number of aromatic nitrogens is 2. The minimum Gasteiger partial charge on any atom is -0.494 e. The van der Waals surface area contributed by atoms with E-state index in [0.717, 1.165) is 39.8 Å². The summed E-state index contributed by atoms with van der Waals surface area (Å²) in [6.45, 7) is 0.650. The molecule has 4 rings (SSSR count). The predicted octanol–water partition coefficient (Wildman–Crippen LogP) is 4.02. The molecule has 0 saturated heterocycles. The molecule has 2 aromatic heterocycles. The van der Waals surface area contributed by atoms with Gasteiger partial charge in [-0.15, -0.1) is 0 Å². The summed E-state index contributed by atoms with van der Waals surface area (Å²) < 4.78 is 22.4. The molecule has 1 atom stereocenters. The van der Waals surface area contributed by atoms with Crippen LogP contribution in [0.2, 0.25) is 0 Å². The Morgan fingerprint density at radius 2 is 2.21 bits per heavy atom. The largest absolute Gasteiger partial charge is 0.494 e. The molecule has 2 heterocycles. The van der Waals surface area contributed by atoms with Crippen LogP contribution < -0.4 is 10.1 Å². The molecule has 1 aromatic carbocycles. The van der Waals surface area contributed by atoms with E-state index in [-0.39, 0.29) is 11.9 Å². The highest BCUT2D eigenvalue weighted by Crippen LogP contribution is 2.36. The number of nitrogens with one attached hydrogen (secondary N) is 1. The standard InChI is InChI=1S/C18H17BrFN3O/c1-24-16-6-4-13-14(18(16)20)3-5-15(13)21-8-12-10-23-9-11(19)2-7-17(23)22-12/h2,4,6-7,9-10,15,21H,3,5,8H2,1H3. The number of hydrogen-bond donors (Lipinski definition) is 1. The van der Waals surface area contributed by atoms with E-state index in [4.69, 9.17) is 4.74 Å². The number of benzene rings is 1. The van der Waals surface area contributed by atoms with E-state index in [1.807, 2.05) is 35.0 Å². The molecular formula is C18H17BrFN3O. The SMILES string of the molecule is COc1ccc2c(c1F)CCC2NCc1cn2cc(Br)ccc2n1. The van der Waals surface area contributed by atoms with Gasteiger partial charge in [0.1, 0.15) is 5.65 Å². The maximum Gasteiger partial charge on any atom is 0.168 e. The third-order valence-electron chi connectivity index (χ3n) is 4.52. The summed E-state index contributed by atoms with van der Waals surface area (Å²) in [6.07, 6.45) is 5.61. The van der Waals surface area contributed by atoms with Crippen LogP contribution in [-0.4, -0.2) is 16.5 Å². The fourth-order valence-corrected chi connectivity index (χ4v) is 3.69. The van der Waals surface area contributed by atoms with Crippen molar-refractivity contribution in [1.29, 1.82) is 0 Å². The number of pyridine rings is 1. The van der Waals surface area contributed by atoms with E-state index in [1.165, 1.54) is 7.11 Å². The minimum atomic E-state index is -0.225. The van der Waals surface area contributed by atoms with E-state index in [9.17, 15) is 4.39 Å². The average molecular weight is 390 g/mol. The first-order valence-corrected chi connectivity index (χ1v) is 8.67.